The largest absolute Gasteiger partial charge is 0.478 e. The summed E-state index contributed by atoms with van der Waals surface area (Å²) < 4.78 is 53.1. The zero-order valence-electron chi connectivity index (χ0n) is 12.4. The van der Waals surface area contributed by atoms with Crippen molar-refractivity contribution in [2.45, 2.75) is 32.0 Å². The zero-order chi connectivity index (χ0) is 17.6. The highest BCUT2D eigenvalue weighted by atomic mass is 19.4. The fraction of sp³-hybridized carbons (Fsp3) is 0.467. The van der Waals surface area contributed by atoms with Gasteiger partial charge < -0.3 is 10.0 Å². The van der Waals surface area contributed by atoms with Crippen molar-refractivity contribution in [3.8, 4) is 0 Å². The third kappa shape index (κ3) is 3.02. The summed E-state index contributed by atoms with van der Waals surface area (Å²) >= 11 is 0. The molecule has 23 heavy (non-hydrogen) atoms. The number of alkyl halides is 3. The molecule has 0 radical (unpaired) electrons. The number of amides is 1. The lowest BCUT2D eigenvalue weighted by Crippen LogP contribution is -2.49. The summed E-state index contributed by atoms with van der Waals surface area (Å²) in [7, 11) is 0. The second kappa shape index (κ2) is 5.50. The Labute approximate surface area is 129 Å². The quantitative estimate of drug-likeness (QED) is 0.845. The Kier molecular flexibility index (Phi) is 4.13. The summed E-state index contributed by atoms with van der Waals surface area (Å²) in [5.74, 6) is -5.00. The average Bonchev–Trinajstić information content (AvgIpc) is 2.72. The van der Waals surface area contributed by atoms with Gasteiger partial charge in [-0.1, -0.05) is 0 Å². The predicted molar refractivity (Wildman–Crippen MR) is 72.6 cm³/mol. The number of carbonyl (C=O) groups is 2. The third-order valence-electron chi connectivity index (χ3n) is 4.28. The van der Waals surface area contributed by atoms with Crippen molar-refractivity contribution >= 4 is 11.9 Å². The van der Waals surface area contributed by atoms with E-state index >= 15 is 0 Å². The Morgan fingerprint density at radius 3 is 2.35 bits per heavy atom. The number of carbonyl (C=O) groups excluding carboxylic acids is 1. The molecule has 1 amide bonds. The van der Waals surface area contributed by atoms with Crippen LogP contribution in [0.25, 0.3) is 0 Å². The maximum atomic E-state index is 14.0. The molecule has 1 aromatic carbocycles. The molecule has 1 aliphatic rings. The van der Waals surface area contributed by atoms with Crippen LogP contribution in [0.15, 0.2) is 18.2 Å². The molecule has 4 nitrogen and oxygen atoms in total. The van der Waals surface area contributed by atoms with Gasteiger partial charge in [0.15, 0.2) is 0 Å². The van der Waals surface area contributed by atoms with Crippen LogP contribution in [0.4, 0.5) is 17.6 Å². The lowest BCUT2D eigenvalue weighted by atomic mass is 9.87. The van der Waals surface area contributed by atoms with Gasteiger partial charge in [0.05, 0.1) is 17.0 Å². The van der Waals surface area contributed by atoms with E-state index < -0.39 is 40.9 Å². The van der Waals surface area contributed by atoms with E-state index in [1.54, 1.807) is 0 Å². The van der Waals surface area contributed by atoms with Gasteiger partial charge in [-0.3, -0.25) is 4.79 Å². The SMILES string of the molecule is CC1(C)C(C(F)(F)F)CCN1C(=O)c1ccc(C(=O)O)cc1F. The molecule has 1 unspecified atom stereocenters. The van der Waals surface area contributed by atoms with Gasteiger partial charge in [0.1, 0.15) is 5.82 Å². The fourth-order valence-electron chi connectivity index (χ4n) is 2.98. The van der Waals surface area contributed by atoms with Crippen LogP contribution in [0.3, 0.4) is 0 Å². The first-order valence-electron chi connectivity index (χ1n) is 6.87. The first-order valence-corrected chi connectivity index (χ1v) is 6.87. The number of rotatable bonds is 2. The maximum Gasteiger partial charge on any atom is 0.394 e. The molecule has 1 fully saturated rings. The number of likely N-dealkylation sites (tertiary alicyclic amines) is 1. The lowest BCUT2D eigenvalue weighted by Gasteiger charge is -2.36. The van der Waals surface area contributed by atoms with Gasteiger partial charge in [-0.15, -0.1) is 0 Å². The number of halogens is 4. The predicted octanol–water partition coefficient (Wildman–Crippen LogP) is 3.33. The Bertz CT molecular complexity index is 655. The highest BCUT2D eigenvalue weighted by Crippen LogP contribution is 2.45. The molecule has 1 aromatic rings. The first-order chi connectivity index (χ1) is 10.5. The van der Waals surface area contributed by atoms with E-state index in [4.69, 9.17) is 5.11 Å². The van der Waals surface area contributed by atoms with Gasteiger partial charge >= 0.3 is 12.1 Å². The van der Waals surface area contributed by atoms with E-state index in [0.717, 1.165) is 17.0 Å². The van der Waals surface area contributed by atoms with Crippen LogP contribution in [0.2, 0.25) is 0 Å². The molecule has 1 saturated heterocycles. The van der Waals surface area contributed by atoms with Crippen molar-refractivity contribution in [1.29, 1.82) is 0 Å². The van der Waals surface area contributed by atoms with Crippen molar-refractivity contribution in [2.24, 2.45) is 5.92 Å². The van der Waals surface area contributed by atoms with Gasteiger partial charge in [-0.2, -0.15) is 13.2 Å². The van der Waals surface area contributed by atoms with Crippen molar-refractivity contribution in [2.75, 3.05) is 6.54 Å². The highest BCUT2D eigenvalue weighted by Gasteiger charge is 2.56. The minimum absolute atomic E-state index is 0.143. The molecular weight excluding hydrogens is 318 g/mol. The standard InChI is InChI=1S/C15H15F4NO3/c1-14(2)11(15(17,18)19)5-6-20(14)12(21)9-4-3-8(13(22)23)7-10(9)16/h3-4,7,11H,5-6H2,1-2H3,(H,22,23). The molecule has 8 heteroatoms. The van der Waals surface area contributed by atoms with Gasteiger partial charge in [-0.05, 0) is 38.5 Å². The van der Waals surface area contributed by atoms with Gasteiger partial charge in [0.25, 0.3) is 5.91 Å². The maximum absolute atomic E-state index is 14.0. The monoisotopic (exact) mass is 333 g/mol. The molecular formula is C15H15F4NO3. The second-order valence-corrected chi connectivity index (χ2v) is 5.99. The van der Waals surface area contributed by atoms with E-state index in [2.05, 4.69) is 0 Å². The van der Waals surface area contributed by atoms with Crippen LogP contribution in [-0.4, -0.2) is 40.1 Å². The third-order valence-corrected chi connectivity index (χ3v) is 4.28. The van der Waals surface area contributed by atoms with E-state index in [9.17, 15) is 27.2 Å². The molecule has 0 spiro atoms. The Morgan fingerprint density at radius 1 is 1.30 bits per heavy atom. The Morgan fingerprint density at radius 2 is 1.91 bits per heavy atom. The summed E-state index contributed by atoms with van der Waals surface area (Å²) in [6.07, 6.45) is -4.71. The van der Waals surface area contributed by atoms with Crippen LogP contribution in [0.1, 0.15) is 41.0 Å². The van der Waals surface area contributed by atoms with E-state index in [-0.39, 0.29) is 18.5 Å². The van der Waals surface area contributed by atoms with Crippen LogP contribution in [-0.2, 0) is 0 Å². The number of carboxylic acid groups (broad SMARTS) is 1. The summed E-state index contributed by atoms with van der Waals surface area (Å²) in [5.41, 5.74) is -2.29. The van der Waals surface area contributed by atoms with E-state index in [1.165, 1.54) is 13.8 Å². The average molecular weight is 333 g/mol. The molecule has 1 atom stereocenters. The molecule has 2 rings (SSSR count). The number of carboxylic acids is 1. The molecule has 0 saturated carbocycles. The molecule has 1 heterocycles. The number of hydrogen-bond acceptors (Lipinski definition) is 2. The van der Waals surface area contributed by atoms with Crippen molar-refractivity contribution in [1.82, 2.24) is 4.90 Å². The smallest absolute Gasteiger partial charge is 0.394 e. The fourth-order valence-corrected chi connectivity index (χ4v) is 2.98. The number of nitrogens with zero attached hydrogens (tertiary/aromatic N) is 1. The molecule has 0 aliphatic carbocycles. The summed E-state index contributed by atoms with van der Waals surface area (Å²) in [6, 6.07) is 2.71. The van der Waals surface area contributed by atoms with Crippen molar-refractivity contribution in [3.63, 3.8) is 0 Å². The van der Waals surface area contributed by atoms with Crippen molar-refractivity contribution < 1.29 is 32.3 Å². The number of aromatic carboxylic acids is 1. The first kappa shape index (κ1) is 17.2. The topological polar surface area (TPSA) is 57.6 Å². The lowest BCUT2D eigenvalue weighted by molar-refractivity contribution is -0.189. The summed E-state index contributed by atoms with van der Waals surface area (Å²) in [6.45, 7) is 2.44. The summed E-state index contributed by atoms with van der Waals surface area (Å²) in [5, 5.41) is 8.77. The minimum Gasteiger partial charge on any atom is -0.478 e. The van der Waals surface area contributed by atoms with Crippen LogP contribution < -0.4 is 0 Å². The molecule has 126 valence electrons. The van der Waals surface area contributed by atoms with Gasteiger partial charge in [-0.25, -0.2) is 9.18 Å². The van der Waals surface area contributed by atoms with E-state index in [0.29, 0.717) is 6.07 Å². The number of hydrogen-bond donors (Lipinski definition) is 1. The Balaban J connectivity index is 2.33. The molecule has 0 bridgehead atoms. The van der Waals surface area contributed by atoms with Gasteiger partial charge in [0, 0.05) is 12.1 Å². The van der Waals surface area contributed by atoms with Crippen LogP contribution >= 0.6 is 0 Å². The minimum atomic E-state index is -4.45. The molecule has 0 aromatic heterocycles. The number of benzene rings is 1. The van der Waals surface area contributed by atoms with Crippen LogP contribution in [0.5, 0.6) is 0 Å². The zero-order valence-corrected chi connectivity index (χ0v) is 12.4. The van der Waals surface area contributed by atoms with E-state index in [1.807, 2.05) is 0 Å². The molecule has 1 N–H and O–H groups in total. The highest BCUT2D eigenvalue weighted by molar-refractivity contribution is 5.96. The van der Waals surface area contributed by atoms with Crippen LogP contribution in [0, 0.1) is 11.7 Å². The molecule has 1 aliphatic heterocycles. The van der Waals surface area contributed by atoms with Gasteiger partial charge in [0.2, 0.25) is 0 Å². The summed E-state index contributed by atoms with van der Waals surface area (Å²) in [4.78, 5) is 24.2. The van der Waals surface area contributed by atoms with Crippen molar-refractivity contribution in [3.05, 3.63) is 35.1 Å². The normalized spacial score (nSPS) is 20.6. The Hall–Kier alpha value is -2.12. The second-order valence-electron chi connectivity index (χ2n) is 5.99.